The van der Waals surface area contributed by atoms with Crippen LogP contribution in [0.15, 0.2) is 36.4 Å². The van der Waals surface area contributed by atoms with Gasteiger partial charge >= 0.3 is 0 Å². The van der Waals surface area contributed by atoms with Crippen molar-refractivity contribution in [2.75, 3.05) is 25.9 Å². The van der Waals surface area contributed by atoms with E-state index in [0.717, 1.165) is 10.6 Å². The van der Waals surface area contributed by atoms with Crippen LogP contribution in [0.1, 0.15) is 24.2 Å². The number of nitrogens with zero attached hydrogens (tertiary/aromatic N) is 3. The van der Waals surface area contributed by atoms with E-state index >= 15 is 0 Å². The number of primary amides is 1. The number of ether oxygens (including phenoxy) is 3. The molecule has 0 unspecified atom stereocenters. The van der Waals surface area contributed by atoms with Crippen LogP contribution < -0.4 is 20.3 Å². The fourth-order valence-electron chi connectivity index (χ4n) is 3.24. The Labute approximate surface area is 180 Å². The Hall–Kier alpha value is -3.43. The first-order valence-corrected chi connectivity index (χ1v) is 9.78. The van der Waals surface area contributed by atoms with Gasteiger partial charge in [0.25, 0.3) is 0 Å². The fourth-order valence-corrected chi connectivity index (χ4v) is 3.24. The van der Waals surface area contributed by atoms with Crippen molar-refractivity contribution < 1.29 is 24.2 Å². The second kappa shape index (κ2) is 10.1. The van der Waals surface area contributed by atoms with E-state index < -0.39 is 0 Å². The van der Waals surface area contributed by atoms with Gasteiger partial charge in [0.1, 0.15) is 5.82 Å². The van der Waals surface area contributed by atoms with Crippen molar-refractivity contribution in [1.82, 2.24) is 9.97 Å². The molecular formula is C22H26N4O5. The molecule has 1 amide bonds. The minimum absolute atomic E-state index is 0.225. The maximum absolute atomic E-state index is 11.1. The maximum atomic E-state index is 11.1. The lowest BCUT2D eigenvalue weighted by molar-refractivity contribution is -0.118. The number of aryl methyl sites for hydroxylation is 1. The van der Waals surface area contributed by atoms with Gasteiger partial charge in [-0.25, -0.2) is 15.0 Å². The molecule has 3 N–H and O–H groups in total. The van der Waals surface area contributed by atoms with Crippen molar-refractivity contribution in [2.45, 2.75) is 26.4 Å². The van der Waals surface area contributed by atoms with Crippen LogP contribution in [0.3, 0.4) is 0 Å². The molecule has 0 spiro atoms. The van der Waals surface area contributed by atoms with Crippen LogP contribution in [0.2, 0.25) is 0 Å². The summed E-state index contributed by atoms with van der Waals surface area (Å²) in [6.07, 6.45) is 0.699. The molecule has 1 heterocycles. The lowest BCUT2D eigenvalue weighted by atomic mass is 10.1. The van der Waals surface area contributed by atoms with Gasteiger partial charge in [-0.05, 0) is 37.1 Å². The van der Waals surface area contributed by atoms with Crippen molar-refractivity contribution >= 4 is 28.3 Å². The van der Waals surface area contributed by atoms with Crippen molar-refractivity contribution in [1.29, 1.82) is 0 Å². The third-order valence-corrected chi connectivity index (χ3v) is 4.62. The number of hydrogen-bond donors (Lipinski definition) is 2. The molecule has 31 heavy (non-hydrogen) atoms. The molecular weight excluding hydrogens is 400 g/mol. The summed E-state index contributed by atoms with van der Waals surface area (Å²) in [5.41, 5.74) is 7.15. The van der Waals surface area contributed by atoms with Gasteiger partial charge in [-0.1, -0.05) is 12.1 Å². The first-order valence-electron chi connectivity index (χ1n) is 9.78. The Bertz CT molecular complexity index is 1070. The number of benzene rings is 2. The Kier molecular flexibility index (Phi) is 7.22. The number of rotatable bonds is 10. The zero-order valence-corrected chi connectivity index (χ0v) is 17.8. The maximum Gasteiger partial charge on any atom is 0.217 e. The second-order valence-electron chi connectivity index (χ2n) is 6.90. The largest absolute Gasteiger partial charge is 0.493 e. The van der Waals surface area contributed by atoms with Gasteiger partial charge in [0.2, 0.25) is 5.91 Å². The molecule has 0 bridgehead atoms. The number of fused-ring (bicyclic) bond motifs is 1. The van der Waals surface area contributed by atoms with Crippen molar-refractivity contribution in [3.63, 3.8) is 0 Å². The van der Waals surface area contributed by atoms with E-state index in [0.29, 0.717) is 52.8 Å². The molecule has 164 valence electrons. The zero-order valence-electron chi connectivity index (χ0n) is 17.8. The van der Waals surface area contributed by atoms with E-state index in [1.165, 1.54) is 7.11 Å². The average molecular weight is 426 g/mol. The summed E-state index contributed by atoms with van der Waals surface area (Å²) in [4.78, 5) is 19.9. The summed E-state index contributed by atoms with van der Waals surface area (Å²) in [5, 5.41) is 12.8. The molecule has 0 saturated heterocycles. The SMILES string of the molecule is COCc1cccc2nc(C)nc(N(O)c3ccc(OC)c(OCCCC(N)=O)c3)c12. The van der Waals surface area contributed by atoms with Gasteiger partial charge in [-0.2, -0.15) is 0 Å². The summed E-state index contributed by atoms with van der Waals surface area (Å²) in [5.74, 6) is 1.40. The lowest BCUT2D eigenvalue weighted by Gasteiger charge is -2.21. The summed E-state index contributed by atoms with van der Waals surface area (Å²) in [7, 11) is 3.13. The molecule has 2 aromatic carbocycles. The van der Waals surface area contributed by atoms with Crippen LogP contribution in [-0.2, 0) is 16.1 Å². The van der Waals surface area contributed by atoms with Gasteiger partial charge < -0.3 is 19.9 Å². The van der Waals surface area contributed by atoms with Crippen LogP contribution >= 0.6 is 0 Å². The molecule has 0 fully saturated rings. The molecule has 3 rings (SSSR count). The topological polar surface area (TPSA) is 120 Å². The molecule has 0 atom stereocenters. The first kappa shape index (κ1) is 22.3. The number of carbonyl (C=O) groups is 1. The van der Waals surface area contributed by atoms with E-state index in [2.05, 4.69) is 9.97 Å². The fraction of sp³-hybridized carbons (Fsp3) is 0.318. The summed E-state index contributed by atoms with van der Waals surface area (Å²) < 4.78 is 16.4. The van der Waals surface area contributed by atoms with Crippen LogP contribution in [0, 0.1) is 6.92 Å². The Morgan fingerprint density at radius 1 is 1.16 bits per heavy atom. The predicted octanol–water partition coefficient (Wildman–Crippen LogP) is 3.26. The van der Waals surface area contributed by atoms with Crippen molar-refractivity contribution in [2.24, 2.45) is 5.73 Å². The number of nitrogens with two attached hydrogens (primary N) is 1. The van der Waals surface area contributed by atoms with Crippen LogP contribution in [0.4, 0.5) is 11.5 Å². The van der Waals surface area contributed by atoms with Gasteiger partial charge in [-0.3, -0.25) is 10.0 Å². The average Bonchev–Trinajstić information content (AvgIpc) is 2.75. The van der Waals surface area contributed by atoms with Crippen LogP contribution in [0.5, 0.6) is 11.5 Å². The van der Waals surface area contributed by atoms with Crippen LogP contribution in [0.25, 0.3) is 10.9 Å². The van der Waals surface area contributed by atoms with Crippen molar-refractivity contribution in [3.05, 3.63) is 47.8 Å². The number of aromatic nitrogens is 2. The second-order valence-corrected chi connectivity index (χ2v) is 6.90. The first-order chi connectivity index (χ1) is 14.9. The highest BCUT2D eigenvalue weighted by Gasteiger charge is 2.18. The number of carbonyl (C=O) groups excluding carboxylic acids is 1. The highest BCUT2D eigenvalue weighted by Crippen LogP contribution is 2.36. The van der Waals surface area contributed by atoms with E-state index in [4.69, 9.17) is 19.9 Å². The molecule has 0 radical (unpaired) electrons. The molecule has 1 aromatic heterocycles. The van der Waals surface area contributed by atoms with Gasteiger partial charge in [0, 0.05) is 19.6 Å². The van der Waals surface area contributed by atoms with Gasteiger partial charge in [0.05, 0.1) is 36.9 Å². The molecule has 9 nitrogen and oxygen atoms in total. The van der Waals surface area contributed by atoms with E-state index in [-0.39, 0.29) is 18.9 Å². The summed E-state index contributed by atoms with van der Waals surface area (Å²) >= 11 is 0. The molecule has 9 heteroatoms. The summed E-state index contributed by atoms with van der Waals surface area (Å²) in [6, 6.07) is 10.7. The standard InChI is InChI=1S/C22H26N4O5/c1-14-24-17-7-4-6-15(13-29-2)21(17)22(25-14)26(28)16-9-10-18(30-3)19(12-16)31-11-5-8-20(23)27/h4,6-7,9-10,12,28H,5,8,11,13H2,1-3H3,(H2,23,27). The molecule has 3 aromatic rings. The Balaban J connectivity index is 1.99. The van der Waals surface area contributed by atoms with Crippen LogP contribution in [-0.4, -0.2) is 41.9 Å². The number of amides is 1. The number of anilines is 2. The lowest BCUT2D eigenvalue weighted by Crippen LogP contribution is -2.15. The van der Waals surface area contributed by atoms with Gasteiger partial charge in [-0.15, -0.1) is 0 Å². The molecule has 0 aliphatic rings. The van der Waals surface area contributed by atoms with Gasteiger partial charge in [0.15, 0.2) is 17.3 Å². The highest BCUT2D eigenvalue weighted by molar-refractivity contribution is 5.93. The molecule has 0 aliphatic heterocycles. The zero-order chi connectivity index (χ0) is 22.4. The predicted molar refractivity (Wildman–Crippen MR) is 116 cm³/mol. The number of hydrogen-bond acceptors (Lipinski definition) is 8. The smallest absolute Gasteiger partial charge is 0.217 e. The monoisotopic (exact) mass is 426 g/mol. The Morgan fingerprint density at radius 3 is 2.68 bits per heavy atom. The minimum atomic E-state index is -0.385. The third kappa shape index (κ3) is 5.19. The third-order valence-electron chi connectivity index (χ3n) is 4.62. The molecule has 0 saturated carbocycles. The van der Waals surface area contributed by atoms with E-state index in [9.17, 15) is 10.0 Å². The van der Waals surface area contributed by atoms with E-state index in [1.54, 1.807) is 32.2 Å². The highest BCUT2D eigenvalue weighted by atomic mass is 16.5. The van der Waals surface area contributed by atoms with E-state index in [1.807, 2.05) is 18.2 Å². The quantitative estimate of drug-likeness (QED) is 0.374. The Morgan fingerprint density at radius 2 is 1.97 bits per heavy atom. The molecule has 0 aliphatic carbocycles. The van der Waals surface area contributed by atoms with Crippen molar-refractivity contribution in [3.8, 4) is 11.5 Å². The number of methoxy groups -OCH3 is 2. The normalized spacial score (nSPS) is 10.8. The minimum Gasteiger partial charge on any atom is -0.493 e. The summed E-state index contributed by atoms with van der Waals surface area (Å²) in [6.45, 7) is 2.39.